The number of rotatable bonds is 3. The molecule has 0 saturated heterocycles. The molecule has 0 fully saturated rings. The summed E-state index contributed by atoms with van der Waals surface area (Å²) < 4.78 is 0. The van der Waals surface area contributed by atoms with Gasteiger partial charge >= 0.3 is 0 Å². The Balaban J connectivity index is 3.36. The Morgan fingerprint density at radius 2 is 1.73 bits per heavy atom. The van der Waals surface area contributed by atoms with Crippen LogP contribution in [-0.2, 0) is 6.42 Å². The van der Waals surface area contributed by atoms with Crippen molar-refractivity contribution in [3.8, 4) is 0 Å². The minimum atomic E-state index is 0.649. The summed E-state index contributed by atoms with van der Waals surface area (Å²) in [5, 5.41) is 7.83. The van der Waals surface area contributed by atoms with Crippen molar-refractivity contribution in [1.82, 2.24) is 0 Å². The summed E-state index contributed by atoms with van der Waals surface area (Å²) in [5.74, 6) is 0. The van der Waals surface area contributed by atoms with Crippen LogP contribution in [0.3, 0.4) is 0 Å². The molecule has 0 aromatic heterocycles. The van der Waals surface area contributed by atoms with Crippen LogP contribution in [0.4, 0.5) is 0 Å². The first-order chi connectivity index (χ1) is 7.07. The molecular formula is C14H19N. The van der Waals surface area contributed by atoms with Gasteiger partial charge in [0.05, 0.1) is 0 Å². The molecule has 0 saturated carbocycles. The highest BCUT2D eigenvalue weighted by molar-refractivity contribution is 6.22. The molecule has 1 heteroatoms. The molecule has 80 valence electrons. The van der Waals surface area contributed by atoms with Crippen molar-refractivity contribution in [3.05, 3.63) is 41.0 Å². The number of aryl methyl sites for hydroxylation is 1. The molecule has 15 heavy (non-hydrogen) atoms. The maximum absolute atomic E-state index is 7.83. The fraction of sp³-hybridized carbons (Fsp3) is 0.357. The summed E-state index contributed by atoms with van der Waals surface area (Å²) in [6.07, 6.45) is 1.01. The number of hydrogen-bond donors (Lipinski definition) is 1. The van der Waals surface area contributed by atoms with Crippen LogP contribution in [0.1, 0.15) is 38.8 Å². The van der Waals surface area contributed by atoms with Gasteiger partial charge in [-0.15, -0.1) is 0 Å². The summed E-state index contributed by atoms with van der Waals surface area (Å²) >= 11 is 0. The summed E-state index contributed by atoms with van der Waals surface area (Å²) in [4.78, 5) is 0. The van der Waals surface area contributed by atoms with Crippen LogP contribution in [0.2, 0.25) is 0 Å². The molecule has 1 nitrogen and oxygen atoms in total. The zero-order chi connectivity index (χ0) is 11.4. The maximum Gasteiger partial charge on any atom is 0.0360 e. The van der Waals surface area contributed by atoms with Gasteiger partial charge in [-0.2, -0.15) is 0 Å². The zero-order valence-electron chi connectivity index (χ0n) is 10.0. The predicted octanol–water partition coefficient (Wildman–Crippen LogP) is 4.08. The van der Waals surface area contributed by atoms with E-state index in [2.05, 4.69) is 39.0 Å². The van der Waals surface area contributed by atoms with Gasteiger partial charge in [0.25, 0.3) is 0 Å². The summed E-state index contributed by atoms with van der Waals surface area (Å²) in [7, 11) is 0. The molecule has 0 unspecified atom stereocenters. The normalized spacial score (nSPS) is 9.87. The van der Waals surface area contributed by atoms with Gasteiger partial charge in [-0.05, 0) is 38.3 Å². The molecule has 0 spiro atoms. The van der Waals surface area contributed by atoms with E-state index in [9.17, 15) is 0 Å². The molecular weight excluding hydrogens is 182 g/mol. The van der Waals surface area contributed by atoms with Gasteiger partial charge in [-0.25, -0.2) is 0 Å². The van der Waals surface area contributed by atoms with Gasteiger partial charge in [0, 0.05) is 11.3 Å². The van der Waals surface area contributed by atoms with Crippen molar-refractivity contribution in [2.24, 2.45) is 0 Å². The number of allylic oxidation sites excluding steroid dienone is 2. The first-order valence-corrected chi connectivity index (χ1v) is 5.39. The second kappa shape index (κ2) is 4.92. The summed E-state index contributed by atoms with van der Waals surface area (Å²) in [6, 6.07) is 8.35. The van der Waals surface area contributed by atoms with Crippen LogP contribution in [-0.4, -0.2) is 5.71 Å². The Morgan fingerprint density at radius 3 is 2.20 bits per heavy atom. The highest BCUT2D eigenvalue weighted by atomic mass is 14.4. The van der Waals surface area contributed by atoms with E-state index < -0.39 is 0 Å². The second-order valence-electron chi connectivity index (χ2n) is 4.01. The van der Waals surface area contributed by atoms with E-state index in [1.165, 1.54) is 16.7 Å². The molecule has 0 aliphatic carbocycles. The van der Waals surface area contributed by atoms with Crippen LogP contribution in [0.15, 0.2) is 29.8 Å². The highest BCUT2D eigenvalue weighted by Crippen LogP contribution is 2.23. The van der Waals surface area contributed by atoms with Gasteiger partial charge < -0.3 is 5.41 Å². The maximum atomic E-state index is 7.83. The lowest BCUT2D eigenvalue weighted by Gasteiger charge is -2.13. The molecule has 1 rings (SSSR count). The molecule has 1 aromatic rings. The lowest BCUT2D eigenvalue weighted by Crippen LogP contribution is -2.01. The molecule has 0 amide bonds. The Kier molecular flexibility index (Phi) is 3.84. The SMILES string of the molecule is CCc1ccccc1C(C(C)=N)=C(C)C. The average Bonchev–Trinajstić information content (AvgIpc) is 2.17. The first kappa shape index (κ1) is 11.7. The third-order valence-electron chi connectivity index (χ3n) is 2.54. The molecule has 0 atom stereocenters. The topological polar surface area (TPSA) is 23.9 Å². The Hall–Kier alpha value is -1.37. The summed E-state index contributed by atoms with van der Waals surface area (Å²) in [6.45, 7) is 8.15. The molecule has 1 N–H and O–H groups in total. The van der Waals surface area contributed by atoms with Crippen LogP contribution in [0, 0.1) is 5.41 Å². The van der Waals surface area contributed by atoms with E-state index >= 15 is 0 Å². The fourth-order valence-electron chi connectivity index (χ4n) is 1.92. The van der Waals surface area contributed by atoms with Crippen LogP contribution in [0.25, 0.3) is 5.57 Å². The van der Waals surface area contributed by atoms with E-state index in [4.69, 9.17) is 5.41 Å². The van der Waals surface area contributed by atoms with Crippen molar-refractivity contribution in [1.29, 1.82) is 5.41 Å². The highest BCUT2D eigenvalue weighted by Gasteiger charge is 2.09. The monoisotopic (exact) mass is 201 g/mol. The lowest BCUT2D eigenvalue weighted by atomic mass is 9.92. The van der Waals surface area contributed by atoms with Gasteiger partial charge in [0.1, 0.15) is 0 Å². The standard InChI is InChI=1S/C14H19N/c1-5-12-8-6-7-9-13(12)14(10(2)3)11(4)15/h6-9,15H,5H2,1-4H3. The Labute approximate surface area is 92.3 Å². The van der Waals surface area contributed by atoms with E-state index in [1.54, 1.807) is 0 Å². The van der Waals surface area contributed by atoms with Crippen LogP contribution in [0.5, 0.6) is 0 Å². The van der Waals surface area contributed by atoms with Crippen molar-refractivity contribution in [2.75, 3.05) is 0 Å². The Morgan fingerprint density at radius 1 is 1.13 bits per heavy atom. The minimum absolute atomic E-state index is 0.649. The third-order valence-corrected chi connectivity index (χ3v) is 2.54. The lowest BCUT2D eigenvalue weighted by molar-refractivity contribution is 1.13. The largest absolute Gasteiger partial charge is 0.305 e. The number of nitrogens with one attached hydrogen (secondary N) is 1. The van der Waals surface area contributed by atoms with Gasteiger partial charge in [0.15, 0.2) is 0 Å². The second-order valence-corrected chi connectivity index (χ2v) is 4.01. The molecule has 0 bridgehead atoms. The molecule has 0 heterocycles. The van der Waals surface area contributed by atoms with E-state index in [1.807, 2.05) is 13.0 Å². The zero-order valence-corrected chi connectivity index (χ0v) is 10.0. The van der Waals surface area contributed by atoms with Gasteiger partial charge in [0.2, 0.25) is 0 Å². The number of hydrogen-bond acceptors (Lipinski definition) is 1. The average molecular weight is 201 g/mol. The van der Waals surface area contributed by atoms with E-state index in [0.717, 1.165) is 12.0 Å². The number of benzene rings is 1. The Bertz CT molecular complexity index is 396. The molecule has 0 aliphatic heterocycles. The summed E-state index contributed by atoms with van der Waals surface area (Å²) in [5.41, 5.74) is 5.49. The van der Waals surface area contributed by atoms with Crippen molar-refractivity contribution in [3.63, 3.8) is 0 Å². The molecule has 1 aromatic carbocycles. The van der Waals surface area contributed by atoms with Crippen LogP contribution >= 0.6 is 0 Å². The predicted molar refractivity (Wildman–Crippen MR) is 67.5 cm³/mol. The fourth-order valence-corrected chi connectivity index (χ4v) is 1.92. The van der Waals surface area contributed by atoms with Gasteiger partial charge in [-0.3, -0.25) is 0 Å². The van der Waals surface area contributed by atoms with E-state index in [0.29, 0.717) is 5.71 Å². The third kappa shape index (κ3) is 2.56. The first-order valence-electron chi connectivity index (χ1n) is 5.39. The van der Waals surface area contributed by atoms with Crippen molar-refractivity contribution < 1.29 is 0 Å². The van der Waals surface area contributed by atoms with Crippen LogP contribution < -0.4 is 0 Å². The molecule has 0 radical (unpaired) electrons. The van der Waals surface area contributed by atoms with Crippen molar-refractivity contribution >= 4 is 11.3 Å². The van der Waals surface area contributed by atoms with Crippen molar-refractivity contribution in [2.45, 2.75) is 34.1 Å². The minimum Gasteiger partial charge on any atom is -0.305 e. The smallest absolute Gasteiger partial charge is 0.0360 e. The molecule has 0 aliphatic rings. The van der Waals surface area contributed by atoms with Gasteiger partial charge in [-0.1, -0.05) is 36.8 Å². The quantitative estimate of drug-likeness (QED) is 0.712. The van der Waals surface area contributed by atoms with E-state index in [-0.39, 0.29) is 0 Å².